The zero-order valence-electron chi connectivity index (χ0n) is 18.4. The molecule has 3 rings (SSSR count). The van der Waals surface area contributed by atoms with Crippen molar-refractivity contribution in [2.45, 2.75) is 26.8 Å². The summed E-state index contributed by atoms with van der Waals surface area (Å²) in [6.45, 7) is 4.73. The summed E-state index contributed by atoms with van der Waals surface area (Å²) in [4.78, 5) is 28.6. The minimum atomic E-state index is -0.163. The summed E-state index contributed by atoms with van der Waals surface area (Å²) in [5.74, 6) is -0.163. The lowest BCUT2D eigenvalue weighted by molar-refractivity contribution is 0.0956. The summed E-state index contributed by atoms with van der Waals surface area (Å²) in [5.41, 5.74) is 11.0. The SMILES string of the molecule is C/C(N)=C\C=C(/C)CNC(=O)c1cncc(Cc2ccc(Cn3ccccc3=O)cc2)c1. The Bertz CT molecular complexity index is 1190. The molecule has 3 N–H and O–H groups in total. The summed E-state index contributed by atoms with van der Waals surface area (Å²) >= 11 is 0. The van der Waals surface area contributed by atoms with Gasteiger partial charge in [0, 0.05) is 36.9 Å². The lowest BCUT2D eigenvalue weighted by Crippen LogP contribution is -2.25. The molecule has 0 aliphatic carbocycles. The van der Waals surface area contributed by atoms with Gasteiger partial charge in [-0.3, -0.25) is 14.6 Å². The van der Waals surface area contributed by atoms with Gasteiger partial charge in [-0.25, -0.2) is 0 Å². The third kappa shape index (κ3) is 6.80. The fourth-order valence-corrected chi connectivity index (χ4v) is 3.15. The molecule has 0 spiro atoms. The summed E-state index contributed by atoms with van der Waals surface area (Å²) in [7, 11) is 0. The molecule has 6 heteroatoms. The van der Waals surface area contributed by atoms with Gasteiger partial charge in [-0.2, -0.15) is 0 Å². The number of hydrogen-bond donors (Lipinski definition) is 2. The van der Waals surface area contributed by atoms with Crippen LogP contribution in [0.15, 0.2) is 95.3 Å². The third-order valence-corrected chi connectivity index (χ3v) is 4.90. The number of nitrogens with two attached hydrogens (primary N) is 1. The summed E-state index contributed by atoms with van der Waals surface area (Å²) < 4.78 is 1.67. The topological polar surface area (TPSA) is 90.0 Å². The number of carbonyl (C=O) groups excluding carboxylic acids is 1. The van der Waals surface area contributed by atoms with Crippen molar-refractivity contribution in [2.75, 3.05) is 6.54 Å². The van der Waals surface area contributed by atoms with E-state index in [1.54, 1.807) is 35.3 Å². The van der Waals surface area contributed by atoms with Gasteiger partial charge in [-0.15, -0.1) is 0 Å². The summed E-state index contributed by atoms with van der Waals surface area (Å²) in [6, 6.07) is 15.1. The van der Waals surface area contributed by atoms with E-state index in [0.717, 1.165) is 28.0 Å². The smallest absolute Gasteiger partial charge is 0.253 e. The van der Waals surface area contributed by atoms with E-state index in [0.29, 0.717) is 25.1 Å². The first-order valence-electron chi connectivity index (χ1n) is 10.5. The number of amides is 1. The van der Waals surface area contributed by atoms with Crippen molar-refractivity contribution in [3.63, 3.8) is 0 Å². The molecule has 2 aromatic heterocycles. The van der Waals surface area contributed by atoms with Crippen molar-refractivity contribution >= 4 is 5.91 Å². The van der Waals surface area contributed by atoms with Crippen LogP contribution in [0, 0.1) is 0 Å². The lowest BCUT2D eigenvalue weighted by atomic mass is 10.0. The monoisotopic (exact) mass is 428 g/mol. The first-order valence-corrected chi connectivity index (χ1v) is 10.5. The molecule has 0 unspecified atom stereocenters. The molecule has 0 aliphatic heterocycles. The fraction of sp³-hybridized carbons (Fsp3) is 0.192. The maximum atomic E-state index is 12.5. The van der Waals surface area contributed by atoms with Crippen LogP contribution >= 0.6 is 0 Å². The molecular weight excluding hydrogens is 400 g/mol. The Morgan fingerprint density at radius 3 is 2.50 bits per heavy atom. The number of rotatable bonds is 8. The number of pyridine rings is 2. The molecule has 0 atom stereocenters. The number of carbonyl (C=O) groups is 1. The van der Waals surface area contributed by atoms with Crippen LogP contribution in [0.1, 0.15) is 40.9 Å². The normalized spacial score (nSPS) is 11.9. The van der Waals surface area contributed by atoms with Crippen LogP contribution in [0.4, 0.5) is 0 Å². The number of nitrogens with zero attached hydrogens (tertiary/aromatic N) is 2. The minimum Gasteiger partial charge on any atom is -0.402 e. The van der Waals surface area contributed by atoms with E-state index in [4.69, 9.17) is 5.73 Å². The number of allylic oxidation sites excluding steroid dienone is 3. The summed E-state index contributed by atoms with van der Waals surface area (Å²) in [6.07, 6.45) is 9.50. The van der Waals surface area contributed by atoms with Crippen molar-refractivity contribution < 1.29 is 4.79 Å². The summed E-state index contributed by atoms with van der Waals surface area (Å²) in [5, 5.41) is 2.90. The van der Waals surface area contributed by atoms with Crippen LogP contribution in [0.3, 0.4) is 0 Å². The minimum absolute atomic E-state index is 0.0191. The van der Waals surface area contributed by atoms with Gasteiger partial charge in [-0.1, -0.05) is 42.0 Å². The number of nitrogens with one attached hydrogen (secondary N) is 1. The fourth-order valence-electron chi connectivity index (χ4n) is 3.15. The highest BCUT2D eigenvalue weighted by Crippen LogP contribution is 2.12. The lowest BCUT2D eigenvalue weighted by Gasteiger charge is -2.08. The van der Waals surface area contributed by atoms with Gasteiger partial charge in [0.2, 0.25) is 0 Å². The molecule has 0 radical (unpaired) electrons. The second-order valence-corrected chi connectivity index (χ2v) is 7.85. The van der Waals surface area contributed by atoms with Gasteiger partial charge < -0.3 is 15.6 Å². The van der Waals surface area contributed by atoms with E-state index >= 15 is 0 Å². The largest absolute Gasteiger partial charge is 0.402 e. The Morgan fingerprint density at radius 1 is 1.03 bits per heavy atom. The van der Waals surface area contributed by atoms with Crippen molar-refractivity contribution in [3.05, 3.63) is 123 Å². The molecule has 1 amide bonds. The van der Waals surface area contributed by atoms with E-state index in [9.17, 15) is 9.59 Å². The zero-order valence-corrected chi connectivity index (χ0v) is 18.4. The van der Waals surface area contributed by atoms with Gasteiger partial charge in [0.05, 0.1) is 12.1 Å². The van der Waals surface area contributed by atoms with Crippen molar-refractivity contribution in [2.24, 2.45) is 5.73 Å². The predicted octanol–water partition coefficient (Wildman–Crippen LogP) is 3.42. The predicted molar refractivity (Wildman–Crippen MR) is 127 cm³/mol. The average molecular weight is 429 g/mol. The molecule has 32 heavy (non-hydrogen) atoms. The molecule has 1 aromatic carbocycles. The molecule has 0 bridgehead atoms. The maximum absolute atomic E-state index is 12.5. The van der Waals surface area contributed by atoms with Gasteiger partial charge in [0.15, 0.2) is 0 Å². The van der Waals surface area contributed by atoms with Gasteiger partial charge in [0.25, 0.3) is 11.5 Å². The van der Waals surface area contributed by atoms with Crippen molar-refractivity contribution in [1.29, 1.82) is 0 Å². The van der Waals surface area contributed by atoms with Gasteiger partial charge >= 0.3 is 0 Å². The number of benzene rings is 1. The third-order valence-electron chi connectivity index (χ3n) is 4.90. The van der Waals surface area contributed by atoms with Gasteiger partial charge in [-0.05, 0) is 55.2 Å². The van der Waals surface area contributed by atoms with E-state index in [1.807, 2.05) is 62.4 Å². The maximum Gasteiger partial charge on any atom is 0.253 e. The van der Waals surface area contributed by atoms with Crippen LogP contribution < -0.4 is 16.6 Å². The number of hydrogen-bond acceptors (Lipinski definition) is 4. The standard InChI is InChI=1S/C26H28N4O2/c1-19(6-7-20(2)27)15-29-26(32)24-14-23(16-28-17-24)13-21-8-10-22(11-9-21)18-30-12-4-3-5-25(30)31/h3-12,14,16-17H,13,15,18,27H2,1-2H3,(H,29,32)/b19-6+,20-7+. The Kier molecular flexibility index (Phi) is 7.75. The Morgan fingerprint density at radius 2 is 1.78 bits per heavy atom. The van der Waals surface area contributed by atoms with E-state index in [1.165, 1.54) is 0 Å². The highest BCUT2D eigenvalue weighted by Gasteiger charge is 2.07. The molecule has 2 heterocycles. The molecular formula is C26H28N4O2. The van der Waals surface area contributed by atoms with Crippen molar-refractivity contribution in [1.82, 2.24) is 14.9 Å². The van der Waals surface area contributed by atoms with Crippen LogP contribution in [-0.2, 0) is 13.0 Å². The van der Waals surface area contributed by atoms with Crippen LogP contribution in [0.25, 0.3) is 0 Å². The van der Waals surface area contributed by atoms with E-state index in [2.05, 4.69) is 10.3 Å². The molecule has 0 saturated heterocycles. The molecule has 164 valence electrons. The highest BCUT2D eigenvalue weighted by atomic mass is 16.1. The Balaban J connectivity index is 1.61. The highest BCUT2D eigenvalue weighted by molar-refractivity contribution is 5.94. The quantitative estimate of drug-likeness (QED) is 0.538. The molecule has 0 fully saturated rings. The Hall–Kier alpha value is -3.93. The molecule has 0 aliphatic rings. The van der Waals surface area contributed by atoms with Crippen LogP contribution in [0.2, 0.25) is 0 Å². The molecule has 3 aromatic rings. The molecule has 0 saturated carbocycles. The van der Waals surface area contributed by atoms with Crippen LogP contribution in [0.5, 0.6) is 0 Å². The second kappa shape index (κ2) is 10.9. The molecule has 6 nitrogen and oxygen atoms in total. The van der Waals surface area contributed by atoms with E-state index < -0.39 is 0 Å². The van der Waals surface area contributed by atoms with Gasteiger partial charge in [0.1, 0.15) is 0 Å². The first-order chi connectivity index (χ1) is 15.4. The van der Waals surface area contributed by atoms with E-state index in [-0.39, 0.29) is 11.5 Å². The zero-order chi connectivity index (χ0) is 22.9. The Labute approximate surface area is 188 Å². The second-order valence-electron chi connectivity index (χ2n) is 7.85. The van der Waals surface area contributed by atoms with Crippen molar-refractivity contribution in [3.8, 4) is 0 Å². The van der Waals surface area contributed by atoms with Crippen LogP contribution in [-0.4, -0.2) is 22.0 Å². The first kappa shape index (κ1) is 22.7. The average Bonchev–Trinajstić information content (AvgIpc) is 2.79. The number of aromatic nitrogens is 2.